The van der Waals surface area contributed by atoms with E-state index in [9.17, 15) is 14.4 Å². The Morgan fingerprint density at radius 1 is 0.854 bits per heavy atom. The molecule has 41 heavy (non-hydrogen) atoms. The van der Waals surface area contributed by atoms with Crippen molar-refractivity contribution in [1.82, 2.24) is 15.1 Å². The van der Waals surface area contributed by atoms with Crippen LogP contribution in [0.15, 0.2) is 66.7 Å². The lowest BCUT2D eigenvalue weighted by molar-refractivity contribution is -0.128. The predicted octanol–water partition coefficient (Wildman–Crippen LogP) is 4.51. The number of ether oxygens (including phenoxy) is 3. The Morgan fingerprint density at radius 2 is 1.61 bits per heavy atom. The first-order chi connectivity index (χ1) is 19.8. The van der Waals surface area contributed by atoms with Crippen LogP contribution in [-0.2, 0) is 16.1 Å². The molecule has 0 aromatic heterocycles. The fourth-order valence-electron chi connectivity index (χ4n) is 5.52. The van der Waals surface area contributed by atoms with Crippen LogP contribution in [0.3, 0.4) is 0 Å². The summed E-state index contributed by atoms with van der Waals surface area (Å²) in [7, 11) is 0. The molecule has 9 nitrogen and oxygen atoms in total. The second-order valence-electron chi connectivity index (χ2n) is 10.1. The second-order valence-corrected chi connectivity index (χ2v) is 11.0. The standard InChI is InChI=1S/C30H27Cl2N3O6/c31-22-8-7-21(15-23(22)32)28(37)34-12-10-30(11-13-34)35(29(38)20-4-2-1-3-5-20)24(17-41-30)27(36)33-16-19-6-9-25-26(14-19)40-18-39-25/h1-9,14-15,24H,10-13,16-18H2,(H,33,36)/t24-/m0/s1. The minimum atomic E-state index is -1.03. The lowest BCUT2D eigenvalue weighted by Gasteiger charge is -2.44. The molecule has 3 aromatic carbocycles. The first-order valence-corrected chi connectivity index (χ1v) is 14.0. The molecule has 0 bridgehead atoms. The normalized spacial score (nSPS) is 18.9. The molecule has 11 heteroatoms. The number of hydrogen-bond acceptors (Lipinski definition) is 6. The maximum Gasteiger partial charge on any atom is 0.256 e. The molecule has 6 rings (SSSR count). The molecular formula is C30H27Cl2N3O6. The number of carbonyl (C=O) groups is 3. The van der Waals surface area contributed by atoms with E-state index in [4.69, 9.17) is 37.4 Å². The summed E-state index contributed by atoms with van der Waals surface area (Å²) in [6, 6.07) is 18.3. The van der Waals surface area contributed by atoms with Crippen LogP contribution in [0.4, 0.5) is 0 Å². The number of fused-ring (bicyclic) bond motifs is 1. The van der Waals surface area contributed by atoms with Crippen molar-refractivity contribution in [2.24, 2.45) is 0 Å². The molecule has 2 fully saturated rings. The molecule has 0 unspecified atom stereocenters. The average molecular weight is 596 g/mol. The smallest absolute Gasteiger partial charge is 0.256 e. The quantitative estimate of drug-likeness (QED) is 0.466. The Labute approximate surface area is 246 Å². The molecule has 3 aromatic rings. The molecule has 0 saturated carbocycles. The van der Waals surface area contributed by atoms with E-state index in [0.29, 0.717) is 58.6 Å². The van der Waals surface area contributed by atoms with Gasteiger partial charge in [-0.1, -0.05) is 47.5 Å². The SMILES string of the molecule is O=C(NCc1ccc2c(c1)OCO2)[C@@H]1COC2(CCN(C(=O)c3ccc(Cl)c(Cl)c3)CC2)N1C(=O)c1ccccc1. The predicted molar refractivity (Wildman–Crippen MR) is 151 cm³/mol. The van der Waals surface area contributed by atoms with Gasteiger partial charge in [0.05, 0.1) is 16.7 Å². The van der Waals surface area contributed by atoms with E-state index in [0.717, 1.165) is 5.56 Å². The van der Waals surface area contributed by atoms with Crippen LogP contribution >= 0.6 is 23.2 Å². The second kappa shape index (κ2) is 11.2. The third-order valence-corrected chi connectivity index (χ3v) is 8.44. The Bertz CT molecular complexity index is 1490. The van der Waals surface area contributed by atoms with Gasteiger partial charge in [0.25, 0.3) is 11.8 Å². The summed E-state index contributed by atoms with van der Waals surface area (Å²) in [5.74, 6) is 0.488. The summed E-state index contributed by atoms with van der Waals surface area (Å²) in [5, 5.41) is 3.63. The third-order valence-electron chi connectivity index (χ3n) is 7.70. The van der Waals surface area contributed by atoms with Crippen LogP contribution < -0.4 is 14.8 Å². The minimum Gasteiger partial charge on any atom is -0.454 e. The molecular weight excluding hydrogens is 569 g/mol. The Kier molecular flexibility index (Phi) is 7.50. The average Bonchev–Trinajstić information content (AvgIpc) is 3.62. The van der Waals surface area contributed by atoms with E-state index in [-0.39, 0.29) is 37.7 Å². The number of likely N-dealkylation sites (tertiary alicyclic amines) is 1. The van der Waals surface area contributed by atoms with Crippen molar-refractivity contribution in [2.75, 3.05) is 26.5 Å². The topological polar surface area (TPSA) is 97.4 Å². The monoisotopic (exact) mass is 595 g/mol. The van der Waals surface area contributed by atoms with Gasteiger partial charge in [0.15, 0.2) is 11.5 Å². The molecule has 2 saturated heterocycles. The van der Waals surface area contributed by atoms with Gasteiger partial charge in [-0.05, 0) is 48.0 Å². The highest BCUT2D eigenvalue weighted by Gasteiger charge is 2.54. The van der Waals surface area contributed by atoms with E-state index in [1.165, 1.54) is 0 Å². The number of nitrogens with zero attached hydrogens (tertiary/aromatic N) is 2. The highest BCUT2D eigenvalue weighted by molar-refractivity contribution is 6.42. The first kappa shape index (κ1) is 27.4. The summed E-state index contributed by atoms with van der Waals surface area (Å²) in [6.45, 7) is 1.14. The van der Waals surface area contributed by atoms with Crippen molar-refractivity contribution in [1.29, 1.82) is 0 Å². The molecule has 1 spiro atoms. The van der Waals surface area contributed by atoms with Gasteiger partial charge in [0.1, 0.15) is 11.8 Å². The van der Waals surface area contributed by atoms with Gasteiger partial charge in [-0.2, -0.15) is 0 Å². The molecule has 3 aliphatic heterocycles. The van der Waals surface area contributed by atoms with Gasteiger partial charge in [0.2, 0.25) is 12.7 Å². The fourth-order valence-corrected chi connectivity index (χ4v) is 5.81. The van der Waals surface area contributed by atoms with Crippen LogP contribution in [0.5, 0.6) is 11.5 Å². The van der Waals surface area contributed by atoms with E-state index < -0.39 is 11.8 Å². The van der Waals surface area contributed by atoms with Crippen molar-refractivity contribution in [3.63, 3.8) is 0 Å². The number of carbonyl (C=O) groups excluding carboxylic acids is 3. The van der Waals surface area contributed by atoms with Crippen molar-refractivity contribution in [3.05, 3.63) is 93.5 Å². The molecule has 3 heterocycles. The molecule has 3 aliphatic rings. The van der Waals surface area contributed by atoms with E-state index in [1.54, 1.807) is 58.3 Å². The highest BCUT2D eigenvalue weighted by atomic mass is 35.5. The number of amides is 3. The summed E-state index contributed by atoms with van der Waals surface area (Å²) < 4.78 is 17.1. The molecule has 1 atom stereocenters. The van der Waals surface area contributed by atoms with E-state index in [1.807, 2.05) is 18.2 Å². The molecule has 0 radical (unpaired) electrons. The van der Waals surface area contributed by atoms with Crippen LogP contribution in [0.2, 0.25) is 10.0 Å². The van der Waals surface area contributed by atoms with Gasteiger partial charge >= 0.3 is 0 Å². The van der Waals surface area contributed by atoms with Crippen molar-refractivity contribution < 1.29 is 28.6 Å². The summed E-state index contributed by atoms with van der Waals surface area (Å²) in [6.07, 6.45) is 0.704. The zero-order valence-electron chi connectivity index (χ0n) is 22.0. The van der Waals surface area contributed by atoms with Gasteiger partial charge in [-0.3, -0.25) is 19.3 Å². The number of benzene rings is 3. The Balaban J connectivity index is 1.19. The zero-order valence-corrected chi connectivity index (χ0v) is 23.5. The van der Waals surface area contributed by atoms with Crippen LogP contribution in [0.25, 0.3) is 0 Å². The van der Waals surface area contributed by atoms with Crippen LogP contribution in [0, 0.1) is 0 Å². The largest absolute Gasteiger partial charge is 0.454 e. The first-order valence-electron chi connectivity index (χ1n) is 13.3. The van der Waals surface area contributed by atoms with E-state index in [2.05, 4.69) is 5.32 Å². The van der Waals surface area contributed by atoms with Crippen molar-refractivity contribution in [3.8, 4) is 11.5 Å². The Hall–Kier alpha value is -3.79. The summed E-state index contributed by atoms with van der Waals surface area (Å²) >= 11 is 12.1. The van der Waals surface area contributed by atoms with Gasteiger partial charge in [0, 0.05) is 43.6 Å². The fraction of sp³-hybridized carbons (Fsp3) is 0.300. The Morgan fingerprint density at radius 3 is 2.37 bits per heavy atom. The van der Waals surface area contributed by atoms with Gasteiger partial charge in [-0.25, -0.2) is 0 Å². The summed E-state index contributed by atoms with van der Waals surface area (Å²) in [4.78, 5) is 43.8. The maximum atomic E-state index is 13.9. The third kappa shape index (κ3) is 5.32. The van der Waals surface area contributed by atoms with Crippen molar-refractivity contribution in [2.45, 2.75) is 31.2 Å². The minimum absolute atomic E-state index is 0.0479. The van der Waals surface area contributed by atoms with Crippen molar-refractivity contribution >= 4 is 40.9 Å². The molecule has 3 amide bonds. The number of hydrogen-bond donors (Lipinski definition) is 1. The molecule has 0 aliphatic carbocycles. The lowest BCUT2D eigenvalue weighted by Crippen LogP contribution is -2.59. The number of rotatable bonds is 5. The van der Waals surface area contributed by atoms with Gasteiger partial charge < -0.3 is 24.4 Å². The number of nitrogens with one attached hydrogen (secondary N) is 1. The van der Waals surface area contributed by atoms with Crippen LogP contribution in [0.1, 0.15) is 39.1 Å². The zero-order chi connectivity index (χ0) is 28.6. The van der Waals surface area contributed by atoms with Gasteiger partial charge in [-0.15, -0.1) is 0 Å². The van der Waals surface area contributed by atoms with E-state index >= 15 is 0 Å². The highest BCUT2D eigenvalue weighted by Crippen LogP contribution is 2.39. The van der Waals surface area contributed by atoms with Crippen LogP contribution in [-0.4, -0.2) is 65.8 Å². The number of halogens is 2. The maximum absolute atomic E-state index is 13.9. The lowest BCUT2D eigenvalue weighted by atomic mass is 9.96. The summed E-state index contributed by atoms with van der Waals surface area (Å²) in [5.41, 5.74) is 0.703. The number of piperidine rings is 1. The molecule has 212 valence electrons. The molecule has 1 N–H and O–H groups in total.